The number of aromatic nitrogens is 2. The van der Waals surface area contributed by atoms with E-state index in [9.17, 15) is 14.0 Å². The molecule has 1 atom stereocenters. The summed E-state index contributed by atoms with van der Waals surface area (Å²) >= 11 is 1.40. The van der Waals surface area contributed by atoms with Crippen molar-refractivity contribution in [3.63, 3.8) is 0 Å². The molecule has 0 aliphatic carbocycles. The molecule has 206 valence electrons. The number of benzene rings is 3. The Kier molecular flexibility index (Phi) is 7.43. The molecule has 1 aliphatic rings. The van der Waals surface area contributed by atoms with Crippen molar-refractivity contribution in [3.8, 4) is 16.9 Å². The minimum absolute atomic E-state index is 0.101. The molecule has 0 saturated carbocycles. The van der Waals surface area contributed by atoms with E-state index in [1.54, 1.807) is 29.1 Å². The lowest BCUT2D eigenvalue weighted by Gasteiger charge is -2.23. The van der Waals surface area contributed by atoms with Gasteiger partial charge in [-0.05, 0) is 48.9 Å². The number of thioether (sulfide) groups is 1. The Labute approximate surface area is 241 Å². The van der Waals surface area contributed by atoms with E-state index in [1.165, 1.54) is 28.8 Å². The standard InChI is InChI=1S/C32H27FN4O3S/c1-21-12-14-25(15-13-21)37-32-29(30(35-37)22-7-3-2-4-8-22)31(23-9-5-10-24(33)17-23)41-20-28(39)36(32)19-27(38)34-18-26-11-6-16-40-26/h2-17,31H,18-20H2,1H3,(H,34,38). The van der Waals surface area contributed by atoms with Gasteiger partial charge >= 0.3 is 0 Å². The van der Waals surface area contributed by atoms with Crippen molar-refractivity contribution < 1.29 is 18.4 Å². The molecular formula is C32H27FN4O3S. The summed E-state index contributed by atoms with van der Waals surface area (Å²) in [4.78, 5) is 28.5. The van der Waals surface area contributed by atoms with Gasteiger partial charge in [0.15, 0.2) is 0 Å². The number of amides is 2. The zero-order valence-electron chi connectivity index (χ0n) is 22.3. The van der Waals surface area contributed by atoms with Gasteiger partial charge in [-0.2, -0.15) is 5.10 Å². The molecule has 1 aliphatic heterocycles. The monoisotopic (exact) mass is 566 g/mol. The summed E-state index contributed by atoms with van der Waals surface area (Å²) in [5.41, 5.74) is 4.80. The van der Waals surface area contributed by atoms with Gasteiger partial charge in [0.2, 0.25) is 11.8 Å². The second kappa shape index (κ2) is 11.5. The van der Waals surface area contributed by atoms with Gasteiger partial charge in [-0.3, -0.25) is 14.5 Å². The van der Waals surface area contributed by atoms with Crippen LogP contribution in [0.15, 0.2) is 102 Å². The summed E-state index contributed by atoms with van der Waals surface area (Å²) < 4.78 is 21.6. The molecule has 1 unspecified atom stereocenters. The van der Waals surface area contributed by atoms with E-state index >= 15 is 0 Å². The van der Waals surface area contributed by atoms with Gasteiger partial charge in [-0.25, -0.2) is 9.07 Å². The molecule has 3 aromatic carbocycles. The second-order valence-electron chi connectivity index (χ2n) is 9.78. The van der Waals surface area contributed by atoms with Crippen LogP contribution in [0.4, 0.5) is 10.2 Å². The van der Waals surface area contributed by atoms with Crippen LogP contribution in [0.25, 0.3) is 16.9 Å². The third-order valence-corrected chi connectivity index (χ3v) is 8.16. The van der Waals surface area contributed by atoms with Crippen LogP contribution in [0.2, 0.25) is 0 Å². The van der Waals surface area contributed by atoms with Crippen molar-refractivity contribution >= 4 is 29.4 Å². The Morgan fingerprint density at radius 1 is 1.05 bits per heavy atom. The summed E-state index contributed by atoms with van der Waals surface area (Å²) in [6.45, 7) is 1.99. The summed E-state index contributed by atoms with van der Waals surface area (Å²) in [7, 11) is 0. The Morgan fingerprint density at radius 2 is 1.85 bits per heavy atom. The average molecular weight is 567 g/mol. The highest BCUT2D eigenvalue weighted by Crippen LogP contribution is 2.48. The highest BCUT2D eigenvalue weighted by atomic mass is 32.2. The molecule has 0 spiro atoms. The molecule has 3 heterocycles. The van der Waals surface area contributed by atoms with Crippen LogP contribution in [-0.4, -0.2) is 33.9 Å². The maximum atomic E-state index is 14.5. The maximum Gasteiger partial charge on any atom is 0.240 e. The summed E-state index contributed by atoms with van der Waals surface area (Å²) in [5.74, 6) is 0.262. The number of carbonyl (C=O) groups excluding carboxylic acids is 2. The van der Waals surface area contributed by atoms with Gasteiger partial charge in [0.25, 0.3) is 0 Å². The molecule has 9 heteroatoms. The molecule has 0 fully saturated rings. The lowest BCUT2D eigenvalue weighted by atomic mass is 9.99. The van der Waals surface area contributed by atoms with Gasteiger partial charge in [0.05, 0.1) is 35.2 Å². The van der Waals surface area contributed by atoms with Gasteiger partial charge < -0.3 is 9.73 Å². The van der Waals surface area contributed by atoms with Crippen LogP contribution in [0, 0.1) is 12.7 Å². The molecule has 1 N–H and O–H groups in total. The number of aryl methyl sites for hydroxylation is 1. The number of nitrogens with one attached hydrogen (secondary N) is 1. The summed E-state index contributed by atoms with van der Waals surface area (Å²) in [6, 6.07) is 27.5. The predicted molar refractivity (Wildman–Crippen MR) is 157 cm³/mol. The second-order valence-corrected chi connectivity index (χ2v) is 10.9. The number of nitrogens with zero attached hydrogens (tertiary/aromatic N) is 3. The van der Waals surface area contributed by atoms with Crippen LogP contribution in [0.5, 0.6) is 0 Å². The lowest BCUT2D eigenvalue weighted by molar-refractivity contribution is -0.123. The van der Waals surface area contributed by atoms with Crippen molar-refractivity contribution in [2.75, 3.05) is 17.2 Å². The predicted octanol–water partition coefficient (Wildman–Crippen LogP) is 6.07. The molecule has 0 bridgehead atoms. The number of carbonyl (C=O) groups is 2. The topological polar surface area (TPSA) is 80.4 Å². The first kappa shape index (κ1) is 26.6. The van der Waals surface area contributed by atoms with Gasteiger partial charge in [0, 0.05) is 11.1 Å². The van der Waals surface area contributed by atoms with Gasteiger partial charge in [0.1, 0.15) is 23.9 Å². The average Bonchev–Trinajstić information content (AvgIpc) is 3.62. The highest BCUT2D eigenvalue weighted by Gasteiger charge is 2.37. The van der Waals surface area contributed by atoms with Crippen molar-refractivity contribution in [2.24, 2.45) is 0 Å². The minimum Gasteiger partial charge on any atom is -0.467 e. The number of rotatable bonds is 7. The third-order valence-electron chi connectivity index (χ3n) is 6.91. The Hall–Kier alpha value is -4.63. The number of halogens is 1. The molecule has 5 aromatic rings. The van der Waals surface area contributed by atoms with E-state index in [2.05, 4.69) is 5.32 Å². The number of furan rings is 1. The molecule has 7 nitrogen and oxygen atoms in total. The SMILES string of the molecule is Cc1ccc(-n2nc(-c3ccccc3)c3c2N(CC(=O)NCc2ccco2)C(=O)CSC3c2cccc(F)c2)cc1. The van der Waals surface area contributed by atoms with Gasteiger partial charge in [-0.15, -0.1) is 11.8 Å². The molecule has 2 aromatic heterocycles. The van der Waals surface area contributed by atoms with E-state index in [4.69, 9.17) is 9.52 Å². The number of fused-ring (bicyclic) bond motifs is 1. The fourth-order valence-corrected chi connectivity index (χ4v) is 6.11. The summed E-state index contributed by atoms with van der Waals surface area (Å²) in [5, 5.41) is 7.49. The van der Waals surface area contributed by atoms with Crippen LogP contribution in [-0.2, 0) is 16.1 Å². The first-order valence-corrected chi connectivity index (χ1v) is 14.2. The normalized spacial score (nSPS) is 14.9. The van der Waals surface area contributed by atoms with Crippen LogP contribution < -0.4 is 10.2 Å². The van der Waals surface area contributed by atoms with E-state index in [1.807, 2.05) is 67.6 Å². The van der Waals surface area contributed by atoms with E-state index in [0.29, 0.717) is 22.8 Å². The van der Waals surface area contributed by atoms with Crippen molar-refractivity contribution in [3.05, 3.63) is 126 Å². The molecule has 6 rings (SSSR count). The van der Waals surface area contributed by atoms with Crippen LogP contribution >= 0.6 is 11.8 Å². The third kappa shape index (κ3) is 5.53. The first-order valence-electron chi connectivity index (χ1n) is 13.2. The van der Waals surface area contributed by atoms with Crippen molar-refractivity contribution in [1.82, 2.24) is 15.1 Å². The highest BCUT2D eigenvalue weighted by molar-refractivity contribution is 8.00. The van der Waals surface area contributed by atoms with Crippen LogP contribution in [0.3, 0.4) is 0 Å². The maximum absolute atomic E-state index is 14.5. The van der Waals surface area contributed by atoms with E-state index in [0.717, 1.165) is 22.4 Å². The molecule has 0 saturated heterocycles. The minimum atomic E-state index is -0.407. The van der Waals surface area contributed by atoms with Crippen LogP contribution in [0.1, 0.15) is 27.7 Å². The fourth-order valence-electron chi connectivity index (χ4n) is 4.93. The first-order chi connectivity index (χ1) is 20.0. The Bertz CT molecular complexity index is 1680. The fraction of sp³-hybridized carbons (Fsp3) is 0.156. The zero-order valence-corrected chi connectivity index (χ0v) is 23.1. The molecule has 41 heavy (non-hydrogen) atoms. The van der Waals surface area contributed by atoms with Gasteiger partial charge in [-0.1, -0.05) is 60.2 Å². The Balaban J connectivity index is 1.53. The lowest BCUT2D eigenvalue weighted by Crippen LogP contribution is -2.42. The van der Waals surface area contributed by atoms with E-state index < -0.39 is 5.25 Å². The Morgan fingerprint density at radius 3 is 2.59 bits per heavy atom. The zero-order chi connectivity index (χ0) is 28.3. The smallest absolute Gasteiger partial charge is 0.240 e. The largest absolute Gasteiger partial charge is 0.467 e. The van der Waals surface area contributed by atoms with Crippen molar-refractivity contribution in [1.29, 1.82) is 0 Å². The van der Waals surface area contributed by atoms with E-state index in [-0.39, 0.29) is 36.5 Å². The molecular weight excluding hydrogens is 539 g/mol. The summed E-state index contributed by atoms with van der Waals surface area (Å²) in [6.07, 6.45) is 1.54. The molecule has 2 amide bonds. The number of hydrogen-bond donors (Lipinski definition) is 1. The number of hydrogen-bond acceptors (Lipinski definition) is 5. The van der Waals surface area contributed by atoms with Crippen molar-refractivity contribution in [2.45, 2.75) is 18.7 Å². The quantitative estimate of drug-likeness (QED) is 0.259. The molecule has 0 radical (unpaired) electrons. The number of anilines is 1.